The van der Waals surface area contributed by atoms with Gasteiger partial charge in [0, 0.05) is 6.54 Å². The van der Waals surface area contributed by atoms with Crippen molar-refractivity contribution in [1.29, 1.82) is 0 Å². The van der Waals surface area contributed by atoms with Gasteiger partial charge in [0.05, 0.1) is 19.3 Å². The fourth-order valence-electron chi connectivity index (χ4n) is 1.93. The summed E-state index contributed by atoms with van der Waals surface area (Å²) in [4.78, 5) is 24.7. The highest BCUT2D eigenvalue weighted by atomic mass is 16.5. The molecule has 1 aliphatic heterocycles. The van der Waals surface area contributed by atoms with E-state index < -0.39 is 12.0 Å². The van der Waals surface area contributed by atoms with Crippen LogP contribution in [0.3, 0.4) is 0 Å². The maximum absolute atomic E-state index is 12.0. The molecule has 0 aromatic carbocycles. The Morgan fingerprint density at radius 2 is 2.28 bits per heavy atom. The summed E-state index contributed by atoms with van der Waals surface area (Å²) < 4.78 is 5.24. The van der Waals surface area contributed by atoms with Gasteiger partial charge in [-0.3, -0.25) is 0 Å². The number of unbranched alkanes of at least 4 members (excludes halogenated alkanes) is 1. The number of hydrogen-bond donors (Lipinski definition) is 2. The number of ether oxygens (including phenoxy) is 1. The minimum atomic E-state index is -0.974. The van der Waals surface area contributed by atoms with Crippen molar-refractivity contribution in [2.24, 2.45) is 0 Å². The average molecular weight is 258 g/mol. The number of amides is 2. The molecule has 1 fully saturated rings. The van der Waals surface area contributed by atoms with E-state index in [4.69, 9.17) is 9.84 Å². The maximum atomic E-state index is 12.0. The van der Waals surface area contributed by atoms with E-state index in [1.54, 1.807) is 4.90 Å². The first-order valence-electron chi connectivity index (χ1n) is 6.44. The number of carbonyl (C=O) groups is 2. The lowest BCUT2D eigenvalue weighted by atomic mass is 10.1. The quantitative estimate of drug-likeness (QED) is 0.773. The molecule has 18 heavy (non-hydrogen) atoms. The Bertz CT molecular complexity index is 296. The molecule has 0 aliphatic carbocycles. The lowest BCUT2D eigenvalue weighted by Crippen LogP contribution is -2.54. The molecule has 6 nitrogen and oxygen atoms in total. The average Bonchev–Trinajstić information content (AvgIpc) is 2.34. The van der Waals surface area contributed by atoms with Gasteiger partial charge in [-0.2, -0.15) is 0 Å². The summed E-state index contributed by atoms with van der Waals surface area (Å²) >= 11 is 0. The van der Waals surface area contributed by atoms with Gasteiger partial charge >= 0.3 is 12.0 Å². The van der Waals surface area contributed by atoms with E-state index in [1.807, 2.05) is 13.8 Å². The standard InChI is InChI=1S/C12H22N2O4/c1-3-4-5-10(11(15)16)13-12(17)14-6-7-18-8-9(14)2/h9-10H,3-8H2,1-2H3,(H,13,17)(H,15,16)/t9?,10-/m0/s1. The third-order valence-electron chi connectivity index (χ3n) is 3.07. The van der Waals surface area contributed by atoms with Crippen molar-refractivity contribution < 1.29 is 19.4 Å². The number of hydrogen-bond acceptors (Lipinski definition) is 3. The summed E-state index contributed by atoms with van der Waals surface area (Å²) in [6, 6.07) is -1.12. The highest BCUT2D eigenvalue weighted by Crippen LogP contribution is 2.08. The van der Waals surface area contributed by atoms with Crippen LogP contribution >= 0.6 is 0 Å². The summed E-state index contributed by atoms with van der Waals surface area (Å²) in [6.45, 7) is 5.39. The van der Waals surface area contributed by atoms with Crippen molar-refractivity contribution in [1.82, 2.24) is 10.2 Å². The molecule has 0 spiro atoms. The van der Waals surface area contributed by atoms with Crippen LogP contribution < -0.4 is 5.32 Å². The Labute approximate surface area is 107 Å². The Hall–Kier alpha value is -1.30. The topological polar surface area (TPSA) is 78.9 Å². The van der Waals surface area contributed by atoms with Crippen LogP contribution in [0.1, 0.15) is 33.1 Å². The van der Waals surface area contributed by atoms with Crippen LogP contribution in [-0.4, -0.2) is 53.8 Å². The Kier molecular flexibility index (Phi) is 5.91. The highest BCUT2D eigenvalue weighted by Gasteiger charge is 2.27. The monoisotopic (exact) mass is 258 g/mol. The molecule has 0 saturated carbocycles. The summed E-state index contributed by atoms with van der Waals surface area (Å²) in [7, 11) is 0. The number of aliphatic carboxylic acids is 1. The van der Waals surface area contributed by atoms with Crippen molar-refractivity contribution in [3.8, 4) is 0 Å². The smallest absolute Gasteiger partial charge is 0.326 e. The Morgan fingerprint density at radius 1 is 1.56 bits per heavy atom. The van der Waals surface area contributed by atoms with Crippen molar-refractivity contribution in [3.63, 3.8) is 0 Å². The van der Waals surface area contributed by atoms with E-state index in [-0.39, 0.29) is 12.1 Å². The molecule has 1 aliphatic rings. The molecule has 0 aromatic rings. The number of morpholine rings is 1. The first kappa shape index (κ1) is 14.8. The molecular formula is C12H22N2O4. The Balaban J connectivity index is 2.51. The third-order valence-corrected chi connectivity index (χ3v) is 3.07. The van der Waals surface area contributed by atoms with Gasteiger partial charge in [0.1, 0.15) is 6.04 Å². The number of rotatable bonds is 5. The van der Waals surface area contributed by atoms with Gasteiger partial charge in [0.25, 0.3) is 0 Å². The fourth-order valence-corrected chi connectivity index (χ4v) is 1.93. The Morgan fingerprint density at radius 3 is 2.83 bits per heavy atom. The zero-order valence-electron chi connectivity index (χ0n) is 11.0. The summed E-state index contributed by atoms with van der Waals surface area (Å²) in [5, 5.41) is 11.6. The summed E-state index contributed by atoms with van der Waals surface area (Å²) in [5.74, 6) is -0.974. The predicted molar refractivity (Wildman–Crippen MR) is 66.5 cm³/mol. The van der Waals surface area contributed by atoms with E-state index in [2.05, 4.69) is 5.32 Å². The molecular weight excluding hydrogens is 236 g/mol. The van der Waals surface area contributed by atoms with Gasteiger partial charge in [-0.1, -0.05) is 19.8 Å². The van der Waals surface area contributed by atoms with Crippen LogP contribution in [0.25, 0.3) is 0 Å². The lowest BCUT2D eigenvalue weighted by Gasteiger charge is -2.34. The maximum Gasteiger partial charge on any atom is 0.326 e. The van der Waals surface area contributed by atoms with Crippen LogP contribution in [0.4, 0.5) is 4.79 Å². The first-order chi connectivity index (χ1) is 8.56. The van der Waals surface area contributed by atoms with Crippen molar-refractivity contribution in [3.05, 3.63) is 0 Å². The van der Waals surface area contributed by atoms with Crippen LogP contribution in [0.2, 0.25) is 0 Å². The molecule has 0 radical (unpaired) electrons. The van der Waals surface area contributed by atoms with Crippen LogP contribution in [0, 0.1) is 0 Å². The van der Waals surface area contributed by atoms with Gasteiger partial charge < -0.3 is 20.1 Å². The molecule has 1 unspecified atom stereocenters. The van der Waals surface area contributed by atoms with Crippen LogP contribution in [-0.2, 0) is 9.53 Å². The number of carbonyl (C=O) groups excluding carboxylic acids is 1. The molecule has 2 amide bonds. The predicted octanol–water partition coefficient (Wildman–Crippen LogP) is 1.06. The van der Waals surface area contributed by atoms with Crippen molar-refractivity contribution in [2.75, 3.05) is 19.8 Å². The highest BCUT2D eigenvalue weighted by molar-refractivity contribution is 5.82. The second-order valence-corrected chi connectivity index (χ2v) is 4.60. The number of nitrogens with one attached hydrogen (secondary N) is 1. The molecule has 2 N–H and O–H groups in total. The molecule has 1 heterocycles. The molecule has 6 heteroatoms. The number of carboxylic acids is 1. The van der Waals surface area contributed by atoms with Gasteiger partial charge in [-0.15, -0.1) is 0 Å². The third kappa shape index (κ3) is 4.18. The second-order valence-electron chi connectivity index (χ2n) is 4.60. The van der Waals surface area contributed by atoms with Gasteiger partial charge in [-0.25, -0.2) is 9.59 Å². The molecule has 1 rings (SSSR count). The molecule has 104 valence electrons. The molecule has 0 aromatic heterocycles. The van der Waals surface area contributed by atoms with Gasteiger partial charge in [-0.05, 0) is 13.3 Å². The van der Waals surface area contributed by atoms with E-state index in [0.29, 0.717) is 26.2 Å². The number of urea groups is 1. The lowest BCUT2D eigenvalue weighted by molar-refractivity contribution is -0.139. The summed E-state index contributed by atoms with van der Waals surface area (Å²) in [6.07, 6.45) is 2.17. The summed E-state index contributed by atoms with van der Waals surface area (Å²) in [5.41, 5.74) is 0. The van der Waals surface area contributed by atoms with Crippen molar-refractivity contribution in [2.45, 2.75) is 45.2 Å². The second kappa shape index (κ2) is 7.20. The molecule has 2 atom stereocenters. The van der Waals surface area contributed by atoms with E-state index >= 15 is 0 Å². The number of nitrogens with zero attached hydrogens (tertiary/aromatic N) is 1. The minimum absolute atomic E-state index is 0.0145. The molecule has 0 bridgehead atoms. The zero-order chi connectivity index (χ0) is 13.5. The van der Waals surface area contributed by atoms with Crippen LogP contribution in [0.5, 0.6) is 0 Å². The van der Waals surface area contributed by atoms with Gasteiger partial charge in [0.2, 0.25) is 0 Å². The first-order valence-corrected chi connectivity index (χ1v) is 6.44. The van der Waals surface area contributed by atoms with E-state index in [9.17, 15) is 9.59 Å². The SMILES string of the molecule is CCCC[C@H](NC(=O)N1CCOCC1C)C(=O)O. The largest absolute Gasteiger partial charge is 0.480 e. The van der Waals surface area contributed by atoms with E-state index in [1.165, 1.54) is 0 Å². The fraction of sp³-hybridized carbons (Fsp3) is 0.833. The van der Waals surface area contributed by atoms with E-state index in [0.717, 1.165) is 12.8 Å². The van der Waals surface area contributed by atoms with Crippen LogP contribution in [0.15, 0.2) is 0 Å². The molecule has 1 saturated heterocycles. The minimum Gasteiger partial charge on any atom is -0.480 e. The van der Waals surface area contributed by atoms with Gasteiger partial charge in [0.15, 0.2) is 0 Å². The normalized spacial score (nSPS) is 21.4. The zero-order valence-corrected chi connectivity index (χ0v) is 11.0. The van der Waals surface area contributed by atoms with Crippen molar-refractivity contribution >= 4 is 12.0 Å². The number of carboxylic acid groups (broad SMARTS) is 1.